The molecule has 0 heterocycles. The minimum absolute atomic E-state index is 0.0270. The number of carbonyl (C=O) groups excluding carboxylic acids is 2. The number of fused-ring (bicyclic) bond motifs is 1. The fraction of sp³-hybridized carbons (Fsp3) is 0.700. The molecule has 0 bridgehead atoms. The number of hydrogen-bond acceptors (Lipinski definition) is 5. The lowest BCUT2D eigenvalue weighted by atomic mass is 9.58. The molecule has 0 unspecified atom stereocenters. The summed E-state index contributed by atoms with van der Waals surface area (Å²) in [7, 11) is 1.39. The third-order valence-corrected chi connectivity index (χ3v) is 5.77. The van der Waals surface area contributed by atoms with E-state index in [1.165, 1.54) is 14.0 Å². The third kappa shape index (κ3) is 3.97. The molecule has 0 amide bonds. The largest absolute Gasteiger partial charge is 0.466 e. The Morgan fingerprint density at radius 1 is 1.40 bits per heavy atom. The van der Waals surface area contributed by atoms with Crippen molar-refractivity contribution in [3.8, 4) is 0 Å². The Kier molecular flexibility index (Phi) is 6.09. The fourth-order valence-electron chi connectivity index (χ4n) is 4.51. The lowest BCUT2D eigenvalue weighted by Crippen LogP contribution is -2.51. The highest BCUT2D eigenvalue weighted by Gasteiger charge is 2.50. The van der Waals surface area contributed by atoms with Crippen LogP contribution in [-0.4, -0.2) is 37.4 Å². The molecule has 25 heavy (non-hydrogen) atoms. The second-order valence-electron chi connectivity index (χ2n) is 7.34. The van der Waals surface area contributed by atoms with Crippen molar-refractivity contribution in [2.45, 2.75) is 58.7 Å². The maximum atomic E-state index is 12.0. The van der Waals surface area contributed by atoms with E-state index in [9.17, 15) is 9.59 Å². The van der Waals surface area contributed by atoms with Crippen LogP contribution in [0.5, 0.6) is 0 Å². The molecular formula is C20H30O5. The molecule has 5 heteroatoms. The quantitative estimate of drug-likeness (QED) is 0.432. The van der Waals surface area contributed by atoms with E-state index >= 15 is 0 Å². The SMILES string of the molecule is C=C(C(=O)OC)[C@@H]1CC[C@@](C)(OCC)[C@@H]2C[C@H](OC(C)=O)C(C)=C[C@H]21. The van der Waals surface area contributed by atoms with Crippen molar-refractivity contribution in [2.24, 2.45) is 17.8 Å². The van der Waals surface area contributed by atoms with E-state index < -0.39 is 0 Å². The van der Waals surface area contributed by atoms with Crippen LogP contribution in [0.25, 0.3) is 0 Å². The first-order valence-corrected chi connectivity index (χ1v) is 9.00. The van der Waals surface area contributed by atoms with Gasteiger partial charge in [-0.05, 0) is 63.4 Å². The zero-order chi connectivity index (χ0) is 18.8. The summed E-state index contributed by atoms with van der Waals surface area (Å²) in [6.45, 7) is 12.2. The molecule has 2 aliphatic rings. The predicted molar refractivity (Wildman–Crippen MR) is 94.8 cm³/mol. The number of hydrogen-bond donors (Lipinski definition) is 0. The molecule has 0 spiro atoms. The minimum Gasteiger partial charge on any atom is -0.466 e. The Hall–Kier alpha value is -1.62. The van der Waals surface area contributed by atoms with Gasteiger partial charge in [0.15, 0.2) is 0 Å². The van der Waals surface area contributed by atoms with Crippen LogP contribution in [0.15, 0.2) is 23.8 Å². The van der Waals surface area contributed by atoms with E-state index in [1.807, 2.05) is 13.8 Å². The van der Waals surface area contributed by atoms with Crippen LogP contribution in [0.1, 0.15) is 47.0 Å². The molecule has 1 saturated carbocycles. The molecular weight excluding hydrogens is 320 g/mol. The van der Waals surface area contributed by atoms with Crippen LogP contribution in [0.4, 0.5) is 0 Å². The number of methoxy groups -OCH3 is 1. The zero-order valence-electron chi connectivity index (χ0n) is 16.0. The fourth-order valence-corrected chi connectivity index (χ4v) is 4.51. The maximum Gasteiger partial charge on any atom is 0.333 e. The normalized spacial score (nSPS) is 34.5. The van der Waals surface area contributed by atoms with Gasteiger partial charge < -0.3 is 14.2 Å². The van der Waals surface area contributed by atoms with Gasteiger partial charge >= 0.3 is 11.9 Å². The van der Waals surface area contributed by atoms with Crippen LogP contribution in [-0.2, 0) is 23.8 Å². The highest BCUT2D eigenvalue weighted by Crippen LogP contribution is 2.51. The van der Waals surface area contributed by atoms with E-state index in [1.54, 1.807) is 0 Å². The molecule has 0 aliphatic heterocycles. The highest BCUT2D eigenvalue weighted by atomic mass is 16.5. The van der Waals surface area contributed by atoms with Crippen molar-refractivity contribution in [3.05, 3.63) is 23.8 Å². The standard InChI is InChI=1S/C20H30O5/c1-7-24-20(5)9-8-15(13(3)19(22)23-6)16-10-12(2)18(11-17(16)20)25-14(4)21/h10,15-18H,3,7-9,11H2,1-2,4-6H3/t15-,16-,17+,18-,20+/m0/s1. The summed E-state index contributed by atoms with van der Waals surface area (Å²) >= 11 is 0. The Morgan fingerprint density at radius 2 is 2.08 bits per heavy atom. The zero-order valence-corrected chi connectivity index (χ0v) is 16.0. The third-order valence-electron chi connectivity index (χ3n) is 5.77. The molecule has 1 fully saturated rings. The molecule has 2 aliphatic carbocycles. The summed E-state index contributed by atoms with van der Waals surface area (Å²) in [5.41, 5.74) is 1.24. The van der Waals surface area contributed by atoms with Crippen LogP contribution in [0.3, 0.4) is 0 Å². The minimum atomic E-state index is -0.350. The second-order valence-corrected chi connectivity index (χ2v) is 7.34. The van der Waals surface area contributed by atoms with Gasteiger partial charge in [0.25, 0.3) is 0 Å². The molecule has 0 aromatic heterocycles. The van der Waals surface area contributed by atoms with Crippen molar-refractivity contribution in [2.75, 3.05) is 13.7 Å². The van der Waals surface area contributed by atoms with Gasteiger partial charge in [-0.25, -0.2) is 4.79 Å². The summed E-state index contributed by atoms with van der Waals surface area (Å²) in [6.07, 6.45) is 4.28. The molecule has 5 atom stereocenters. The predicted octanol–water partition coefficient (Wildman–Crippen LogP) is 3.43. The van der Waals surface area contributed by atoms with Crippen LogP contribution >= 0.6 is 0 Å². The first kappa shape index (κ1) is 19.7. The smallest absolute Gasteiger partial charge is 0.333 e. The summed E-state index contributed by atoms with van der Waals surface area (Å²) in [5.74, 6) is -0.318. The Balaban J connectivity index is 2.37. The van der Waals surface area contributed by atoms with Crippen molar-refractivity contribution >= 4 is 11.9 Å². The highest BCUT2D eigenvalue weighted by molar-refractivity contribution is 5.88. The van der Waals surface area contributed by atoms with Gasteiger partial charge in [-0.15, -0.1) is 0 Å². The van der Waals surface area contributed by atoms with Crippen molar-refractivity contribution in [3.63, 3.8) is 0 Å². The van der Waals surface area contributed by atoms with Gasteiger partial charge in [0.05, 0.1) is 12.7 Å². The van der Waals surface area contributed by atoms with Gasteiger partial charge in [0.2, 0.25) is 0 Å². The molecule has 0 N–H and O–H groups in total. The van der Waals surface area contributed by atoms with E-state index in [4.69, 9.17) is 14.2 Å². The lowest BCUT2D eigenvalue weighted by Gasteiger charge is -2.51. The second kappa shape index (κ2) is 7.73. The van der Waals surface area contributed by atoms with Gasteiger partial charge in [-0.3, -0.25) is 4.79 Å². The van der Waals surface area contributed by atoms with Crippen LogP contribution in [0.2, 0.25) is 0 Å². The lowest BCUT2D eigenvalue weighted by molar-refractivity contribution is -0.154. The topological polar surface area (TPSA) is 61.8 Å². The number of rotatable bonds is 5. The van der Waals surface area contributed by atoms with E-state index in [-0.39, 0.29) is 41.4 Å². The van der Waals surface area contributed by atoms with Gasteiger partial charge in [0, 0.05) is 19.1 Å². The molecule has 0 saturated heterocycles. The van der Waals surface area contributed by atoms with Gasteiger partial charge in [-0.1, -0.05) is 12.7 Å². The van der Waals surface area contributed by atoms with E-state index in [0.29, 0.717) is 18.6 Å². The first-order chi connectivity index (χ1) is 11.7. The molecule has 5 nitrogen and oxygen atoms in total. The van der Waals surface area contributed by atoms with Crippen LogP contribution in [0, 0.1) is 17.8 Å². The van der Waals surface area contributed by atoms with E-state index in [2.05, 4.69) is 19.6 Å². The Labute approximate surface area is 150 Å². The van der Waals surface area contributed by atoms with Crippen molar-refractivity contribution < 1.29 is 23.8 Å². The van der Waals surface area contributed by atoms with E-state index in [0.717, 1.165) is 18.4 Å². The van der Waals surface area contributed by atoms with Crippen molar-refractivity contribution in [1.29, 1.82) is 0 Å². The molecule has 0 aromatic carbocycles. The number of esters is 2. The van der Waals surface area contributed by atoms with Gasteiger partial charge in [0.1, 0.15) is 6.10 Å². The Morgan fingerprint density at radius 3 is 2.64 bits per heavy atom. The van der Waals surface area contributed by atoms with Crippen LogP contribution < -0.4 is 0 Å². The monoisotopic (exact) mass is 350 g/mol. The Bertz CT molecular complexity index is 579. The summed E-state index contributed by atoms with van der Waals surface area (Å²) < 4.78 is 16.5. The maximum absolute atomic E-state index is 12.0. The van der Waals surface area contributed by atoms with Crippen molar-refractivity contribution in [1.82, 2.24) is 0 Å². The number of carbonyl (C=O) groups is 2. The average molecular weight is 350 g/mol. The molecule has 0 radical (unpaired) electrons. The summed E-state index contributed by atoms with van der Waals surface area (Å²) in [6, 6.07) is 0. The summed E-state index contributed by atoms with van der Waals surface area (Å²) in [5, 5.41) is 0. The molecule has 0 aromatic rings. The summed E-state index contributed by atoms with van der Waals surface area (Å²) in [4.78, 5) is 23.5. The average Bonchev–Trinajstić information content (AvgIpc) is 2.55. The molecule has 2 rings (SSSR count). The van der Waals surface area contributed by atoms with Gasteiger partial charge in [-0.2, -0.15) is 0 Å². The molecule has 140 valence electrons. The first-order valence-electron chi connectivity index (χ1n) is 9.00. The number of allylic oxidation sites excluding steroid dienone is 1. The number of ether oxygens (including phenoxy) is 3.